The van der Waals surface area contributed by atoms with Gasteiger partial charge in [0.15, 0.2) is 11.5 Å². The van der Waals surface area contributed by atoms with Gasteiger partial charge < -0.3 is 14.8 Å². The molecular weight excluding hydrogens is 352 g/mol. The number of amides is 1. The molecular formula is C23H28N2O3. The zero-order valence-corrected chi connectivity index (χ0v) is 16.4. The van der Waals surface area contributed by atoms with Gasteiger partial charge in [-0.1, -0.05) is 35.9 Å². The summed E-state index contributed by atoms with van der Waals surface area (Å²) in [5, 5.41) is 3.15. The molecule has 0 aromatic heterocycles. The maximum Gasteiger partial charge on any atom is 0.224 e. The van der Waals surface area contributed by atoms with Crippen LogP contribution in [0.2, 0.25) is 0 Å². The first-order chi connectivity index (χ1) is 13.7. The van der Waals surface area contributed by atoms with E-state index in [0.29, 0.717) is 26.2 Å². The van der Waals surface area contributed by atoms with Gasteiger partial charge in [0, 0.05) is 6.54 Å². The van der Waals surface area contributed by atoms with E-state index in [-0.39, 0.29) is 11.9 Å². The molecule has 2 aromatic rings. The molecule has 0 radical (unpaired) electrons. The molecule has 1 fully saturated rings. The molecule has 0 aliphatic carbocycles. The minimum atomic E-state index is 0.0352. The summed E-state index contributed by atoms with van der Waals surface area (Å²) in [6.07, 6.45) is 2.80. The Morgan fingerprint density at radius 2 is 1.75 bits per heavy atom. The lowest BCUT2D eigenvalue weighted by molar-refractivity contribution is -0.120. The molecule has 1 atom stereocenters. The van der Waals surface area contributed by atoms with Gasteiger partial charge in [-0.25, -0.2) is 0 Å². The molecule has 28 heavy (non-hydrogen) atoms. The molecule has 1 saturated heterocycles. The Morgan fingerprint density at radius 3 is 2.50 bits per heavy atom. The lowest BCUT2D eigenvalue weighted by Crippen LogP contribution is -2.37. The average molecular weight is 380 g/mol. The molecule has 0 bridgehead atoms. The maximum atomic E-state index is 12.6. The number of fused-ring (bicyclic) bond motifs is 1. The molecule has 2 heterocycles. The Balaban J connectivity index is 1.39. The molecule has 2 aromatic carbocycles. The van der Waals surface area contributed by atoms with Gasteiger partial charge in [-0.15, -0.1) is 0 Å². The normalized spacial score (nSPS) is 17.3. The van der Waals surface area contributed by atoms with E-state index in [1.165, 1.54) is 24.0 Å². The number of aryl methyl sites for hydroxylation is 1. The van der Waals surface area contributed by atoms with E-state index >= 15 is 0 Å². The first-order valence-corrected chi connectivity index (χ1v) is 10.1. The highest BCUT2D eigenvalue weighted by Gasteiger charge is 2.24. The summed E-state index contributed by atoms with van der Waals surface area (Å²) in [6.45, 7) is 6.05. The van der Waals surface area contributed by atoms with Crippen molar-refractivity contribution < 1.29 is 14.3 Å². The molecule has 2 aliphatic rings. The number of hydrogen-bond donors (Lipinski definition) is 1. The van der Waals surface area contributed by atoms with Crippen molar-refractivity contribution in [2.45, 2.75) is 32.2 Å². The Kier molecular flexibility index (Phi) is 5.81. The smallest absolute Gasteiger partial charge is 0.224 e. The van der Waals surface area contributed by atoms with Crippen LogP contribution in [0.4, 0.5) is 0 Å². The van der Waals surface area contributed by atoms with Crippen LogP contribution in [0.3, 0.4) is 0 Å². The van der Waals surface area contributed by atoms with Gasteiger partial charge in [-0.05, 0) is 56.1 Å². The van der Waals surface area contributed by atoms with Gasteiger partial charge in [0.25, 0.3) is 0 Å². The van der Waals surface area contributed by atoms with Crippen LogP contribution in [0.15, 0.2) is 42.5 Å². The van der Waals surface area contributed by atoms with Gasteiger partial charge in [-0.3, -0.25) is 9.69 Å². The van der Waals surface area contributed by atoms with Gasteiger partial charge in [0.05, 0.1) is 12.5 Å². The predicted molar refractivity (Wildman–Crippen MR) is 109 cm³/mol. The standard InChI is InChI=1S/C23H28N2O3/c1-17-4-7-19(8-5-17)20(25-10-2-3-11-25)16-24-23(26)15-18-6-9-21-22(14-18)28-13-12-27-21/h4-9,14,20H,2-3,10-13,15-16H2,1H3,(H,24,26). The number of ether oxygens (including phenoxy) is 2. The van der Waals surface area contributed by atoms with Crippen molar-refractivity contribution >= 4 is 5.91 Å². The third-order valence-corrected chi connectivity index (χ3v) is 5.51. The number of rotatable bonds is 6. The van der Waals surface area contributed by atoms with Gasteiger partial charge >= 0.3 is 0 Å². The molecule has 5 heteroatoms. The third kappa shape index (κ3) is 4.47. The fourth-order valence-corrected chi connectivity index (χ4v) is 3.96. The van der Waals surface area contributed by atoms with Crippen LogP contribution >= 0.6 is 0 Å². The molecule has 148 valence electrons. The summed E-state index contributed by atoms with van der Waals surface area (Å²) in [6, 6.07) is 14.6. The fraction of sp³-hybridized carbons (Fsp3) is 0.435. The second kappa shape index (κ2) is 8.65. The molecule has 2 aliphatic heterocycles. The molecule has 0 saturated carbocycles. The number of carbonyl (C=O) groups is 1. The SMILES string of the molecule is Cc1ccc(C(CNC(=O)Cc2ccc3c(c2)OCCO3)N2CCCC2)cc1. The number of nitrogens with zero attached hydrogens (tertiary/aromatic N) is 1. The van der Waals surface area contributed by atoms with Gasteiger partial charge in [0.2, 0.25) is 5.91 Å². The Labute approximate surface area is 166 Å². The van der Waals surface area contributed by atoms with E-state index in [9.17, 15) is 4.79 Å². The highest BCUT2D eigenvalue weighted by molar-refractivity contribution is 5.78. The van der Waals surface area contributed by atoms with Crippen molar-refractivity contribution in [1.29, 1.82) is 0 Å². The van der Waals surface area contributed by atoms with Crippen LogP contribution in [0.5, 0.6) is 11.5 Å². The van der Waals surface area contributed by atoms with E-state index in [4.69, 9.17) is 9.47 Å². The Morgan fingerprint density at radius 1 is 1.04 bits per heavy atom. The first-order valence-electron chi connectivity index (χ1n) is 10.1. The fourth-order valence-electron chi connectivity index (χ4n) is 3.96. The summed E-state index contributed by atoms with van der Waals surface area (Å²) in [5.74, 6) is 1.52. The zero-order valence-electron chi connectivity index (χ0n) is 16.4. The first kappa shape index (κ1) is 18.8. The monoisotopic (exact) mass is 380 g/mol. The van der Waals surface area contributed by atoms with E-state index in [1.807, 2.05) is 18.2 Å². The van der Waals surface area contributed by atoms with Crippen molar-refractivity contribution in [3.8, 4) is 11.5 Å². The van der Waals surface area contributed by atoms with Crippen molar-refractivity contribution in [3.63, 3.8) is 0 Å². The highest BCUT2D eigenvalue weighted by atomic mass is 16.6. The van der Waals surface area contributed by atoms with Crippen molar-refractivity contribution in [2.75, 3.05) is 32.8 Å². The summed E-state index contributed by atoms with van der Waals surface area (Å²) in [4.78, 5) is 15.1. The van der Waals surface area contributed by atoms with Crippen LogP contribution in [0.25, 0.3) is 0 Å². The van der Waals surface area contributed by atoms with Crippen LogP contribution in [0, 0.1) is 6.92 Å². The Hall–Kier alpha value is -2.53. The van der Waals surface area contributed by atoms with Crippen molar-refractivity contribution in [1.82, 2.24) is 10.2 Å². The summed E-state index contributed by atoms with van der Waals surface area (Å²) < 4.78 is 11.2. The van der Waals surface area contributed by atoms with E-state index < -0.39 is 0 Å². The van der Waals surface area contributed by atoms with Gasteiger partial charge in [0.1, 0.15) is 13.2 Å². The minimum absolute atomic E-state index is 0.0352. The van der Waals surface area contributed by atoms with Gasteiger partial charge in [-0.2, -0.15) is 0 Å². The molecule has 1 unspecified atom stereocenters. The van der Waals surface area contributed by atoms with Crippen molar-refractivity contribution in [2.24, 2.45) is 0 Å². The molecule has 1 amide bonds. The van der Waals surface area contributed by atoms with E-state index in [0.717, 1.165) is 30.2 Å². The minimum Gasteiger partial charge on any atom is -0.486 e. The number of carbonyl (C=O) groups excluding carboxylic acids is 1. The largest absolute Gasteiger partial charge is 0.486 e. The third-order valence-electron chi connectivity index (χ3n) is 5.51. The topological polar surface area (TPSA) is 50.8 Å². The van der Waals surface area contributed by atoms with Crippen molar-refractivity contribution in [3.05, 3.63) is 59.2 Å². The summed E-state index contributed by atoms with van der Waals surface area (Å²) >= 11 is 0. The predicted octanol–water partition coefficient (Wildman–Crippen LogP) is 3.26. The number of hydrogen-bond acceptors (Lipinski definition) is 4. The number of nitrogens with one attached hydrogen (secondary N) is 1. The van der Waals surface area contributed by atoms with Crippen LogP contribution in [0.1, 0.15) is 35.6 Å². The molecule has 5 nitrogen and oxygen atoms in total. The van der Waals surface area contributed by atoms with E-state index in [2.05, 4.69) is 41.4 Å². The second-order valence-electron chi connectivity index (χ2n) is 7.63. The second-order valence-corrected chi connectivity index (χ2v) is 7.63. The number of benzene rings is 2. The van der Waals surface area contributed by atoms with Crippen LogP contribution in [-0.4, -0.2) is 43.7 Å². The maximum absolute atomic E-state index is 12.6. The summed E-state index contributed by atoms with van der Waals surface area (Å²) in [7, 11) is 0. The molecule has 0 spiro atoms. The quantitative estimate of drug-likeness (QED) is 0.836. The molecule has 1 N–H and O–H groups in total. The van der Waals surface area contributed by atoms with Crippen LogP contribution in [-0.2, 0) is 11.2 Å². The molecule has 4 rings (SSSR count). The number of likely N-dealkylation sites (tertiary alicyclic amines) is 1. The zero-order chi connectivity index (χ0) is 19.3. The lowest BCUT2D eigenvalue weighted by atomic mass is 10.0. The highest BCUT2D eigenvalue weighted by Crippen LogP contribution is 2.31. The van der Waals surface area contributed by atoms with E-state index in [1.54, 1.807) is 0 Å². The average Bonchev–Trinajstić information content (AvgIpc) is 3.24. The lowest BCUT2D eigenvalue weighted by Gasteiger charge is -2.28. The summed E-state index contributed by atoms with van der Waals surface area (Å²) in [5.41, 5.74) is 3.47. The Bertz CT molecular complexity index is 813. The van der Waals surface area contributed by atoms with Crippen LogP contribution < -0.4 is 14.8 Å².